The van der Waals surface area contributed by atoms with Crippen LogP contribution < -0.4 is 10.5 Å². The molecular weight excluding hydrogens is 288 g/mol. The van der Waals surface area contributed by atoms with Gasteiger partial charge in [0.1, 0.15) is 0 Å². The number of nitrogens with one attached hydrogen (secondary N) is 1. The highest BCUT2D eigenvalue weighted by Crippen LogP contribution is 2.41. The third kappa shape index (κ3) is 3.83. The molecule has 0 bridgehead atoms. The molecule has 0 heterocycles. The summed E-state index contributed by atoms with van der Waals surface area (Å²) in [5.74, 6) is -0.101. The molecule has 0 aromatic heterocycles. The van der Waals surface area contributed by atoms with E-state index in [-0.39, 0.29) is 22.1 Å². The predicted molar refractivity (Wildman–Crippen MR) is 82.2 cm³/mol. The Bertz CT molecular complexity index is 638. The second-order valence-electron chi connectivity index (χ2n) is 6.35. The minimum atomic E-state index is -3.76. The monoisotopic (exact) mass is 310 g/mol. The van der Waals surface area contributed by atoms with Gasteiger partial charge in [-0.2, -0.15) is 0 Å². The number of hydrogen-bond donors (Lipinski definition) is 2. The van der Waals surface area contributed by atoms with E-state index in [4.69, 9.17) is 5.14 Å². The summed E-state index contributed by atoms with van der Waals surface area (Å²) in [4.78, 5) is 12.5. The summed E-state index contributed by atoms with van der Waals surface area (Å²) in [7, 11) is -3.76. The average molecular weight is 310 g/mol. The molecule has 3 N–H and O–H groups in total. The fourth-order valence-corrected chi connectivity index (χ4v) is 3.52. The zero-order valence-corrected chi connectivity index (χ0v) is 13.2. The molecule has 6 heteroatoms. The highest BCUT2D eigenvalue weighted by atomic mass is 32.2. The van der Waals surface area contributed by atoms with Gasteiger partial charge in [0.25, 0.3) is 0 Å². The lowest BCUT2D eigenvalue weighted by atomic mass is 9.68. The van der Waals surface area contributed by atoms with Gasteiger partial charge in [-0.25, -0.2) is 13.6 Å². The molecule has 5 nitrogen and oxygen atoms in total. The Morgan fingerprint density at radius 3 is 2.67 bits per heavy atom. The van der Waals surface area contributed by atoms with Gasteiger partial charge in [0.05, 0.1) is 4.90 Å². The lowest BCUT2D eigenvalue weighted by Gasteiger charge is -2.37. The maximum Gasteiger partial charge on any atom is 0.238 e. The maximum atomic E-state index is 12.5. The lowest BCUT2D eigenvalue weighted by Crippen LogP contribution is -2.37. The van der Waals surface area contributed by atoms with E-state index < -0.39 is 10.0 Å². The molecule has 1 aromatic rings. The molecule has 21 heavy (non-hydrogen) atoms. The zero-order chi connectivity index (χ0) is 15.7. The van der Waals surface area contributed by atoms with Crippen LogP contribution in [0.5, 0.6) is 0 Å². The van der Waals surface area contributed by atoms with Gasteiger partial charge in [0, 0.05) is 11.6 Å². The van der Waals surface area contributed by atoms with Crippen LogP contribution in [-0.4, -0.2) is 14.3 Å². The minimum absolute atomic E-state index is 0.00297. The first kappa shape index (κ1) is 16.0. The van der Waals surface area contributed by atoms with Gasteiger partial charge in [0.15, 0.2) is 0 Å². The molecule has 1 amide bonds. The summed E-state index contributed by atoms with van der Waals surface area (Å²) in [6, 6.07) is 6.04. The number of rotatable bonds is 3. The number of sulfonamides is 1. The molecule has 1 aromatic carbocycles. The number of primary sulfonamides is 1. The van der Waals surface area contributed by atoms with E-state index in [1.54, 1.807) is 12.1 Å². The third-order valence-corrected chi connectivity index (χ3v) is 5.16. The fourth-order valence-electron chi connectivity index (χ4n) is 2.96. The molecule has 1 aliphatic rings. The predicted octanol–water partition coefficient (Wildman–Crippen LogP) is 2.49. The summed E-state index contributed by atoms with van der Waals surface area (Å²) in [6.45, 7) is 4.22. The molecule has 0 aliphatic heterocycles. The van der Waals surface area contributed by atoms with Gasteiger partial charge in [-0.05, 0) is 36.5 Å². The van der Waals surface area contributed by atoms with Crippen molar-refractivity contribution >= 4 is 21.6 Å². The smallest absolute Gasteiger partial charge is 0.238 e. The van der Waals surface area contributed by atoms with Crippen molar-refractivity contribution in [2.45, 2.75) is 44.4 Å². The first-order valence-electron chi connectivity index (χ1n) is 7.14. The standard InChI is InChI=1S/C15H22N2O3S/c1-15(2)9-4-3-8-13(15)14(18)17-11-6-5-7-12(10-11)21(16,19)20/h5-7,10,13H,3-4,8-9H2,1-2H3,(H,17,18)(H2,16,19,20). The molecule has 116 valence electrons. The van der Waals surface area contributed by atoms with Crippen LogP contribution in [-0.2, 0) is 14.8 Å². The second-order valence-corrected chi connectivity index (χ2v) is 7.91. The van der Waals surface area contributed by atoms with E-state index in [9.17, 15) is 13.2 Å². The van der Waals surface area contributed by atoms with Crippen LogP contribution in [0.4, 0.5) is 5.69 Å². The van der Waals surface area contributed by atoms with Crippen LogP contribution in [0.2, 0.25) is 0 Å². The van der Waals surface area contributed by atoms with Crippen LogP contribution in [0.25, 0.3) is 0 Å². The fraction of sp³-hybridized carbons (Fsp3) is 0.533. The van der Waals surface area contributed by atoms with Crippen molar-refractivity contribution < 1.29 is 13.2 Å². The Hall–Kier alpha value is -1.40. The van der Waals surface area contributed by atoms with Crippen molar-refractivity contribution in [3.05, 3.63) is 24.3 Å². The first-order chi connectivity index (χ1) is 9.70. The SMILES string of the molecule is CC1(C)CCCCC1C(=O)Nc1cccc(S(N)(=O)=O)c1. The third-order valence-electron chi connectivity index (χ3n) is 4.25. The molecule has 1 unspecified atom stereocenters. The molecular formula is C15H22N2O3S. The van der Waals surface area contributed by atoms with Crippen LogP contribution in [0.3, 0.4) is 0 Å². The van der Waals surface area contributed by atoms with Crippen LogP contribution in [0, 0.1) is 11.3 Å². The largest absolute Gasteiger partial charge is 0.326 e. The first-order valence-corrected chi connectivity index (χ1v) is 8.68. The van der Waals surface area contributed by atoms with Crippen molar-refractivity contribution in [1.82, 2.24) is 0 Å². The highest BCUT2D eigenvalue weighted by molar-refractivity contribution is 7.89. The van der Waals surface area contributed by atoms with E-state index >= 15 is 0 Å². The number of amides is 1. The topological polar surface area (TPSA) is 89.3 Å². The molecule has 1 aliphatic carbocycles. The Kier molecular flexibility index (Phi) is 4.39. The molecule has 0 spiro atoms. The number of carbonyl (C=O) groups is 1. The normalized spacial score (nSPS) is 21.8. The summed E-state index contributed by atoms with van der Waals surface area (Å²) >= 11 is 0. The number of nitrogens with two attached hydrogens (primary N) is 1. The van der Waals surface area contributed by atoms with Crippen LogP contribution in [0.1, 0.15) is 39.5 Å². The van der Waals surface area contributed by atoms with E-state index in [1.165, 1.54) is 12.1 Å². The van der Waals surface area contributed by atoms with Crippen LogP contribution >= 0.6 is 0 Å². The van der Waals surface area contributed by atoms with Crippen molar-refractivity contribution in [3.8, 4) is 0 Å². The average Bonchev–Trinajstić information content (AvgIpc) is 2.37. The van der Waals surface area contributed by atoms with Gasteiger partial charge >= 0.3 is 0 Å². The number of carbonyl (C=O) groups excluding carboxylic acids is 1. The maximum absolute atomic E-state index is 12.5. The summed E-state index contributed by atoms with van der Waals surface area (Å²) < 4.78 is 22.7. The molecule has 1 saturated carbocycles. The summed E-state index contributed by atoms with van der Waals surface area (Å²) in [5, 5.41) is 7.92. The van der Waals surface area contributed by atoms with E-state index in [2.05, 4.69) is 19.2 Å². The summed E-state index contributed by atoms with van der Waals surface area (Å²) in [6.07, 6.45) is 4.10. The minimum Gasteiger partial charge on any atom is -0.326 e. The Labute approximate surface area is 126 Å². The van der Waals surface area contributed by atoms with Gasteiger partial charge in [-0.15, -0.1) is 0 Å². The molecule has 2 rings (SSSR count). The molecule has 1 fully saturated rings. The second kappa shape index (κ2) is 5.77. The number of hydrogen-bond acceptors (Lipinski definition) is 3. The summed E-state index contributed by atoms with van der Waals surface area (Å²) in [5.41, 5.74) is 0.438. The molecule has 1 atom stereocenters. The van der Waals surface area contributed by atoms with Gasteiger partial charge in [-0.1, -0.05) is 32.8 Å². The van der Waals surface area contributed by atoms with Crippen LogP contribution in [0.15, 0.2) is 29.2 Å². The van der Waals surface area contributed by atoms with Crippen molar-refractivity contribution in [2.24, 2.45) is 16.5 Å². The number of benzene rings is 1. The quantitative estimate of drug-likeness (QED) is 0.898. The molecule has 0 radical (unpaired) electrons. The van der Waals surface area contributed by atoms with Gasteiger partial charge in [0.2, 0.25) is 15.9 Å². The van der Waals surface area contributed by atoms with E-state index in [0.29, 0.717) is 5.69 Å². The van der Waals surface area contributed by atoms with Crippen molar-refractivity contribution in [2.75, 3.05) is 5.32 Å². The van der Waals surface area contributed by atoms with Gasteiger partial charge in [-0.3, -0.25) is 4.79 Å². The number of anilines is 1. The highest BCUT2D eigenvalue weighted by Gasteiger charge is 2.37. The Morgan fingerprint density at radius 1 is 1.33 bits per heavy atom. The van der Waals surface area contributed by atoms with Crippen molar-refractivity contribution in [1.29, 1.82) is 0 Å². The Morgan fingerprint density at radius 2 is 2.05 bits per heavy atom. The zero-order valence-electron chi connectivity index (χ0n) is 12.4. The van der Waals surface area contributed by atoms with Crippen molar-refractivity contribution in [3.63, 3.8) is 0 Å². The lowest BCUT2D eigenvalue weighted by molar-refractivity contribution is -0.124. The van der Waals surface area contributed by atoms with Gasteiger partial charge < -0.3 is 5.32 Å². The Balaban J connectivity index is 2.16. The van der Waals surface area contributed by atoms with E-state index in [0.717, 1.165) is 25.7 Å². The van der Waals surface area contributed by atoms with E-state index in [1.807, 2.05) is 0 Å². The molecule has 0 saturated heterocycles.